The van der Waals surface area contributed by atoms with Gasteiger partial charge in [-0.25, -0.2) is 0 Å². The van der Waals surface area contributed by atoms with E-state index in [0.29, 0.717) is 0 Å². The molecule has 1 saturated heterocycles. The maximum absolute atomic E-state index is 12.6. The van der Waals surface area contributed by atoms with Gasteiger partial charge in [-0.1, -0.05) is 18.2 Å². The third-order valence-corrected chi connectivity index (χ3v) is 3.62. The number of piperidine rings is 1. The van der Waals surface area contributed by atoms with Crippen molar-refractivity contribution in [3.05, 3.63) is 30.3 Å². The van der Waals surface area contributed by atoms with Crippen molar-refractivity contribution in [1.29, 1.82) is 0 Å². The fourth-order valence-electron chi connectivity index (χ4n) is 2.51. The molecule has 1 aromatic rings. The predicted octanol–water partition coefficient (Wildman–Crippen LogP) is 1.29. The molecule has 1 heterocycles. The highest BCUT2D eigenvalue weighted by atomic mass is 16.5. The molecule has 0 N–H and O–H groups in total. The summed E-state index contributed by atoms with van der Waals surface area (Å²) in [7, 11) is 3.14. The van der Waals surface area contributed by atoms with E-state index in [1.54, 1.807) is 16.8 Å². The van der Waals surface area contributed by atoms with E-state index in [0.717, 1.165) is 25.1 Å². The van der Waals surface area contributed by atoms with Crippen LogP contribution < -0.4 is 4.90 Å². The van der Waals surface area contributed by atoms with Crippen molar-refractivity contribution < 1.29 is 14.3 Å². The van der Waals surface area contributed by atoms with Crippen molar-refractivity contribution in [3.8, 4) is 0 Å². The molecule has 108 valence electrons. The number of benzene rings is 1. The summed E-state index contributed by atoms with van der Waals surface area (Å²) in [6, 6.07) is 9.37. The summed E-state index contributed by atoms with van der Waals surface area (Å²) < 4.78 is 4.65. The van der Waals surface area contributed by atoms with Gasteiger partial charge in [0.1, 0.15) is 0 Å². The number of hydrogen-bond acceptors (Lipinski definition) is 4. The van der Waals surface area contributed by atoms with Crippen molar-refractivity contribution in [1.82, 2.24) is 4.90 Å². The van der Waals surface area contributed by atoms with Gasteiger partial charge >= 0.3 is 5.97 Å². The van der Waals surface area contributed by atoms with Crippen LogP contribution in [0, 0.1) is 0 Å². The molecule has 0 unspecified atom stereocenters. The number of carbonyl (C=O) groups is 2. The Balaban J connectivity index is 2.09. The molecule has 1 aromatic carbocycles. The largest absolute Gasteiger partial charge is 0.468 e. The van der Waals surface area contributed by atoms with E-state index in [4.69, 9.17) is 0 Å². The van der Waals surface area contributed by atoms with E-state index in [9.17, 15) is 9.59 Å². The minimum Gasteiger partial charge on any atom is -0.468 e. The van der Waals surface area contributed by atoms with Gasteiger partial charge in [0.25, 0.3) is 0 Å². The Morgan fingerprint density at radius 3 is 2.75 bits per heavy atom. The van der Waals surface area contributed by atoms with Crippen LogP contribution in [0.4, 0.5) is 5.69 Å². The zero-order chi connectivity index (χ0) is 14.5. The van der Waals surface area contributed by atoms with Crippen molar-refractivity contribution in [3.63, 3.8) is 0 Å². The van der Waals surface area contributed by atoms with E-state index in [1.165, 1.54) is 7.11 Å². The number of likely N-dealkylation sites (N-methyl/N-ethyl adjacent to an activating group) is 1. The Labute approximate surface area is 119 Å². The van der Waals surface area contributed by atoms with Crippen LogP contribution in [0.5, 0.6) is 0 Å². The van der Waals surface area contributed by atoms with Gasteiger partial charge < -0.3 is 9.64 Å². The molecule has 20 heavy (non-hydrogen) atoms. The first-order chi connectivity index (χ1) is 9.63. The van der Waals surface area contributed by atoms with Crippen LogP contribution in [0.15, 0.2) is 30.3 Å². The number of hydrogen-bond donors (Lipinski definition) is 0. The summed E-state index contributed by atoms with van der Waals surface area (Å²) in [6.45, 7) is 0.862. The Hall–Kier alpha value is -1.88. The van der Waals surface area contributed by atoms with E-state index in [1.807, 2.05) is 30.3 Å². The first kappa shape index (κ1) is 14.5. The number of nitrogens with zero attached hydrogens (tertiary/aromatic N) is 2. The first-order valence-electron chi connectivity index (χ1n) is 6.77. The van der Waals surface area contributed by atoms with Gasteiger partial charge in [0.15, 0.2) is 0 Å². The number of rotatable bonds is 4. The minimum absolute atomic E-state index is 0.0499. The van der Waals surface area contributed by atoms with Crippen LogP contribution in [0.3, 0.4) is 0 Å². The number of methoxy groups -OCH3 is 1. The van der Waals surface area contributed by atoms with E-state index in [2.05, 4.69) is 4.74 Å². The van der Waals surface area contributed by atoms with Crippen LogP contribution in [0.1, 0.15) is 12.8 Å². The number of amides is 1. The molecule has 0 aliphatic carbocycles. The van der Waals surface area contributed by atoms with Crippen LogP contribution in [0.25, 0.3) is 0 Å². The smallest absolute Gasteiger partial charge is 0.319 e. The summed E-state index contributed by atoms with van der Waals surface area (Å²) in [5.41, 5.74) is 0.911. The van der Waals surface area contributed by atoms with Gasteiger partial charge in [-0.2, -0.15) is 0 Å². The van der Waals surface area contributed by atoms with Gasteiger partial charge in [-0.05, 0) is 32.0 Å². The summed E-state index contributed by atoms with van der Waals surface area (Å²) in [5, 5.41) is 0. The van der Waals surface area contributed by atoms with Crippen molar-refractivity contribution >= 4 is 17.6 Å². The topological polar surface area (TPSA) is 49.9 Å². The highest BCUT2D eigenvalue weighted by Gasteiger charge is 2.33. The van der Waals surface area contributed by atoms with E-state index < -0.39 is 0 Å². The zero-order valence-electron chi connectivity index (χ0n) is 11.9. The average Bonchev–Trinajstić information content (AvgIpc) is 2.48. The first-order valence-corrected chi connectivity index (χ1v) is 6.77. The number of para-hydroxylation sites is 1. The molecule has 1 amide bonds. The second kappa shape index (κ2) is 6.52. The van der Waals surface area contributed by atoms with E-state index >= 15 is 0 Å². The highest BCUT2D eigenvalue weighted by molar-refractivity contribution is 5.98. The molecule has 5 nitrogen and oxygen atoms in total. The lowest BCUT2D eigenvalue weighted by Gasteiger charge is -2.36. The van der Waals surface area contributed by atoms with Crippen LogP contribution in [0.2, 0.25) is 0 Å². The normalized spacial score (nSPS) is 19.2. The summed E-state index contributed by atoms with van der Waals surface area (Å²) >= 11 is 0. The molecule has 0 bridgehead atoms. The molecular formula is C15H20N2O3. The Bertz CT molecular complexity index is 475. The van der Waals surface area contributed by atoms with Gasteiger partial charge in [0.05, 0.1) is 19.7 Å². The lowest BCUT2D eigenvalue weighted by molar-refractivity contribution is -0.142. The van der Waals surface area contributed by atoms with Gasteiger partial charge in [-0.15, -0.1) is 0 Å². The quantitative estimate of drug-likeness (QED) is 0.778. The minimum atomic E-state index is -0.322. The molecule has 0 aromatic heterocycles. The standard InChI is InChI=1S/C15H20N2O3/c1-16(11-14(18)20-2)13-9-6-10-17(15(13)19)12-7-4-3-5-8-12/h3-5,7-8,13H,6,9-11H2,1-2H3/t13-/m0/s1. The molecule has 5 heteroatoms. The Morgan fingerprint density at radius 2 is 2.10 bits per heavy atom. The van der Waals surface area contributed by atoms with Gasteiger partial charge in [-0.3, -0.25) is 14.5 Å². The zero-order valence-corrected chi connectivity index (χ0v) is 11.9. The van der Waals surface area contributed by atoms with Crippen molar-refractivity contribution in [2.24, 2.45) is 0 Å². The average molecular weight is 276 g/mol. The molecular weight excluding hydrogens is 256 g/mol. The molecule has 1 atom stereocenters. The lowest BCUT2D eigenvalue weighted by atomic mass is 10.0. The predicted molar refractivity (Wildman–Crippen MR) is 76.5 cm³/mol. The lowest BCUT2D eigenvalue weighted by Crippen LogP contribution is -2.52. The van der Waals surface area contributed by atoms with Crippen molar-refractivity contribution in [2.75, 3.05) is 32.1 Å². The van der Waals surface area contributed by atoms with Crippen LogP contribution in [-0.4, -0.2) is 50.1 Å². The van der Waals surface area contributed by atoms with Crippen LogP contribution >= 0.6 is 0 Å². The van der Waals surface area contributed by atoms with Gasteiger partial charge in [0, 0.05) is 12.2 Å². The number of esters is 1. The van der Waals surface area contributed by atoms with E-state index in [-0.39, 0.29) is 24.5 Å². The third kappa shape index (κ3) is 3.17. The summed E-state index contributed by atoms with van der Waals surface area (Å²) in [5.74, 6) is -0.272. The third-order valence-electron chi connectivity index (χ3n) is 3.62. The molecule has 0 spiro atoms. The number of anilines is 1. The number of ether oxygens (including phenoxy) is 1. The Morgan fingerprint density at radius 1 is 1.40 bits per heavy atom. The SMILES string of the molecule is COC(=O)CN(C)[C@H]1CCCN(c2ccccc2)C1=O. The second-order valence-electron chi connectivity index (χ2n) is 4.97. The van der Waals surface area contributed by atoms with Crippen LogP contribution in [-0.2, 0) is 14.3 Å². The van der Waals surface area contributed by atoms with Gasteiger partial charge in [0.2, 0.25) is 5.91 Å². The fraction of sp³-hybridized carbons (Fsp3) is 0.467. The molecule has 1 aliphatic heterocycles. The maximum Gasteiger partial charge on any atom is 0.319 e. The second-order valence-corrected chi connectivity index (χ2v) is 4.97. The molecule has 0 radical (unpaired) electrons. The summed E-state index contributed by atoms with van der Waals surface area (Å²) in [4.78, 5) is 27.5. The summed E-state index contributed by atoms with van der Waals surface area (Å²) in [6.07, 6.45) is 1.70. The number of carbonyl (C=O) groups excluding carboxylic acids is 2. The Kier molecular flexibility index (Phi) is 4.74. The molecule has 0 saturated carbocycles. The molecule has 1 aliphatic rings. The highest BCUT2D eigenvalue weighted by Crippen LogP contribution is 2.22. The molecule has 1 fully saturated rings. The fourth-order valence-corrected chi connectivity index (χ4v) is 2.51. The maximum atomic E-state index is 12.6. The monoisotopic (exact) mass is 276 g/mol. The van der Waals surface area contributed by atoms with Crippen molar-refractivity contribution in [2.45, 2.75) is 18.9 Å². The molecule has 2 rings (SSSR count).